The van der Waals surface area contributed by atoms with Gasteiger partial charge < -0.3 is 14.6 Å². The van der Waals surface area contributed by atoms with Crippen molar-refractivity contribution in [3.05, 3.63) is 23.8 Å². The molecule has 0 spiro atoms. The second kappa shape index (κ2) is 4.97. The lowest BCUT2D eigenvalue weighted by molar-refractivity contribution is 0.109. The number of nitrogens with zero attached hydrogens (tertiary/aromatic N) is 4. The first-order valence-corrected chi connectivity index (χ1v) is 6.49. The number of fused-ring (bicyclic) bond motifs is 1. The van der Waals surface area contributed by atoms with Crippen LogP contribution < -0.4 is 5.32 Å². The van der Waals surface area contributed by atoms with E-state index in [1.807, 2.05) is 17.8 Å². The lowest BCUT2D eigenvalue weighted by atomic mass is 10.1. The van der Waals surface area contributed by atoms with Gasteiger partial charge in [0.05, 0.1) is 31.4 Å². The summed E-state index contributed by atoms with van der Waals surface area (Å²) in [6, 6.07) is 0. The Hall–Kier alpha value is -1.95. The van der Waals surface area contributed by atoms with E-state index in [1.165, 1.54) is 0 Å². The molecule has 3 heterocycles. The maximum atomic E-state index is 5.48. The summed E-state index contributed by atoms with van der Waals surface area (Å²) >= 11 is 0. The summed E-state index contributed by atoms with van der Waals surface area (Å²) in [6.07, 6.45) is 4.45. The van der Waals surface area contributed by atoms with Crippen LogP contribution in [0, 0.1) is 0 Å². The van der Waals surface area contributed by atoms with Crippen molar-refractivity contribution >= 4 is 5.82 Å². The molecule has 0 saturated carbocycles. The number of anilines is 1. The van der Waals surface area contributed by atoms with Crippen molar-refractivity contribution in [2.75, 3.05) is 19.0 Å². The topological polar surface area (TPSA) is 64.9 Å². The zero-order valence-corrected chi connectivity index (χ0v) is 11.2. The van der Waals surface area contributed by atoms with E-state index in [9.17, 15) is 0 Å². The minimum Gasteiger partial charge on any atom is -0.376 e. The maximum Gasteiger partial charge on any atom is 0.180 e. The number of ether oxygens (including phenoxy) is 1. The minimum atomic E-state index is 0.582. The molecule has 1 N–H and O–H groups in total. The van der Waals surface area contributed by atoms with Crippen LogP contribution in [0.15, 0.2) is 12.5 Å². The molecule has 1 aliphatic rings. The molecule has 2 aromatic heterocycles. The van der Waals surface area contributed by atoms with Gasteiger partial charge in [-0.2, -0.15) is 0 Å². The molecule has 0 unspecified atom stereocenters. The van der Waals surface area contributed by atoms with Crippen molar-refractivity contribution in [3.63, 3.8) is 0 Å². The number of hydrogen-bond donors (Lipinski definition) is 1. The highest BCUT2D eigenvalue weighted by molar-refractivity contribution is 5.56. The Labute approximate surface area is 111 Å². The SMILES string of the molecule is CCn1cncc1-c1nc2c(c(NC)n1)COCC2. The number of imidazole rings is 1. The Kier molecular flexibility index (Phi) is 3.16. The largest absolute Gasteiger partial charge is 0.376 e. The first-order chi connectivity index (χ1) is 9.33. The van der Waals surface area contributed by atoms with Crippen molar-refractivity contribution in [1.82, 2.24) is 19.5 Å². The Morgan fingerprint density at radius 2 is 2.32 bits per heavy atom. The van der Waals surface area contributed by atoms with Gasteiger partial charge >= 0.3 is 0 Å². The predicted octanol–water partition coefficient (Wildman–Crippen LogP) is 1.47. The molecule has 0 bridgehead atoms. The predicted molar refractivity (Wildman–Crippen MR) is 71.8 cm³/mol. The summed E-state index contributed by atoms with van der Waals surface area (Å²) in [4.78, 5) is 13.4. The zero-order chi connectivity index (χ0) is 13.2. The first kappa shape index (κ1) is 12.1. The number of aryl methyl sites for hydroxylation is 1. The van der Waals surface area contributed by atoms with E-state index >= 15 is 0 Å². The lowest BCUT2D eigenvalue weighted by Gasteiger charge is -2.19. The Balaban J connectivity index is 2.12. The van der Waals surface area contributed by atoms with Crippen LogP contribution >= 0.6 is 0 Å². The quantitative estimate of drug-likeness (QED) is 0.904. The van der Waals surface area contributed by atoms with E-state index in [4.69, 9.17) is 4.74 Å². The molecule has 0 aromatic carbocycles. The average molecular weight is 259 g/mol. The van der Waals surface area contributed by atoms with Gasteiger partial charge in [-0.3, -0.25) is 0 Å². The fourth-order valence-electron chi connectivity index (χ4n) is 2.31. The molecule has 6 nitrogen and oxygen atoms in total. The Morgan fingerprint density at radius 1 is 1.42 bits per heavy atom. The van der Waals surface area contributed by atoms with Crippen LogP contribution in [0.25, 0.3) is 11.5 Å². The summed E-state index contributed by atoms with van der Waals surface area (Å²) in [5, 5.41) is 3.13. The van der Waals surface area contributed by atoms with E-state index in [1.54, 1.807) is 6.33 Å². The van der Waals surface area contributed by atoms with Gasteiger partial charge in [0.2, 0.25) is 0 Å². The molecule has 6 heteroatoms. The molecular formula is C13H17N5O. The highest BCUT2D eigenvalue weighted by Crippen LogP contribution is 2.25. The lowest BCUT2D eigenvalue weighted by Crippen LogP contribution is -2.16. The van der Waals surface area contributed by atoms with Crippen LogP contribution in [0.2, 0.25) is 0 Å². The number of hydrogen-bond acceptors (Lipinski definition) is 5. The Morgan fingerprint density at radius 3 is 3.11 bits per heavy atom. The van der Waals surface area contributed by atoms with E-state index in [0.717, 1.165) is 48.2 Å². The van der Waals surface area contributed by atoms with E-state index in [2.05, 4.69) is 27.2 Å². The van der Waals surface area contributed by atoms with Crippen LogP contribution in [0.5, 0.6) is 0 Å². The summed E-state index contributed by atoms with van der Waals surface area (Å²) in [6.45, 7) is 4.24. The molecule has 2 aromatic rings. The van der Waals surface area contributed by atoms with Crippen molar-refractivity contribution in [1.29, 1.82) is 0 Å². The fourth-order valence-corrected chi connectivity index (χ4v) is 2.31. The second-order valence-electron chi connectivity index (χ2n) is 4.44. The molecule has 0 fully saturated rings. The zero-order valence-electron chi connectivity index (χ0n) is 11.2. The molecule has 0 saturated heterocycles. The standard InChI is InChI=1S/C13H17N5O/c1-3-18-8-15-6-11(18)13-16-10-4-5-19-7-9(10)12(14-2)17-13/h6,8H,3-5,7H2,1-2H3,(H,14,16,17). The third-order valence-corrected chi connectivity index (χ3v) is 3.34. The third kappa shape index (κ3) is 2.08. The highest BCUT2D eigenvalue weighted by atomic mass is 16.5. The van der Waals surface area contributed by atoms with Crippen LogP contribution in [0.1, 0.15) is 18.2 Å². The smallest absolute Gasteiger partial charge is 0.180 e. The summed E-state index contributed by atoms with van der Waals surface area (Å²) in [5.74, 6) is 1.58. The molecule has 0 atom stereocenters. The van der Waals surface area contributed by atoms with Crippen LogP contribution in [-0.2, 0) is 24.3 Å². The molecule has 0 radical (unpaired) electrons. The minimum absolute atomic E-state index is 0.582. The number of aromatic nitrogens is 4. The second-order valence-corrected chi connectivity index (χ2v) is 4.44. The fraction of sp³-hybridized carbons (Fsp3) is 0.462. The average Bonchev–Trinajstić information content (AvgIpc) is 2.94. The summed E-state index contributed by atoms with van der Waals surface area (Å²) in [5.41, 5.74) is 3.10. The monoisotopic (exact) mass is 259 g/mol. The van der Waals surface area contributed by atoms with Crippen molar-refractivity contribution in [2.45, 2.75) is 26.5 Å². The first-order valence-electron chi connectivity index (χ1n) is 6.49. The van der Waals surface area contributed by atoms with Gasteiger partial charge in [0.25, 0.3) is 0 Å². The Bertz CT molecular complexity index is 575. The van der Waals surface area contributed by atoms with Gasteiger partial charge in [-0.05, 0) is 6.92 Å². The van der Waals surface area contributed by atoms with E-state index in [-0.39, 0.29) is 0 Å². The molecular weight excluding hydrogens is 242 g/mol. The normalized spacial score (nSPS) is 14.2. The van der Waals surface area contributed by atoms with Crippen molar-refractivity contribution in [3.8, 4) is 11.5 Å². The molecule has 3 rings (SSSR count). The molecule has 1 aliphatic heterocycles. The highest BCUT2D eigenvalue weighted by Gasteiger charge is 2.19. The number of rotatable bonds is 3. The molecule has 19 heavy (non-hydrogen) atoms. The van der Waals surface area contributed by atoms with Gasteiger partial charge in [-0.1, -0.05) is 0 Å². The number of nitrogens with one attached hydrogen (secondary N) is 1. The van der Waals surface area contributed by atoms with E-state index in [0.29, 0.717) is 6.61 Å². The van der Waals surface area contributed by atoms with Crippen LogP contribution in [0.3, 0.4) is 0 Å². The summed E-state index contributed by atoms with van der Waals surface area (Å²) in [7, 11) is 1.87. The summed E-state index contributed by atoms with van der Waals surface area (Å²) < 4.78 is 7.52. The van der Waals surface area contributed by atoms with Gasteiger partial charge in [0.1, 0.15) is 11.5 Å². The molecule has 100 valence electrons. The van der Waals surface area contributed by atoms with Crippen molar-refractivity contribution < 1.29 is 4.74 Å². The van der Waals surface area contributed by atoms with Crippen molar-refractivity contribution in [2.24, 2.45) is 0 Å². The third-order valence-electron chi connectivity index (χ3n) is 3.34. The van der Waals surface area contributed by atoms with E-state index < -0.39 is 0 Å². The van der Waals surface area contributed by atoms with Gasteiger partial charge in [0, 0.05) is 25.6 Å². The molecule has 0 amide bonds. The maximum absolute atomic E-state index is 5.48. The van der Waals surface area contributed by atoms with Gasteiger partial charge in [-0.15, -0.1) is 0 Å². The van der Waals surface area contributed by atoms with Gasteiger partial charge in [0.15, 0.2) is 5.82 Å². The van der Waals surface area contributed by atoms with Crippen LogP contribution in [-0.4, -0.2) is 33.2 Å². The van der Waals surface area contributed by atoms with Crippen LogP contribution in [0.4, 0.5) is 5.82 Å². The molecule has 0 aliphatic carbocycles. The van der Waals surface area contributed by atoms with Gasteiger partial charge in [-0.25, -0.2) is 15.0 Å².